The summed E-state index contributed by atoms with van der Waals surface area (Å²) in [5.74, 6) is 0.901. The highest BCUT2D eigenvalue weighted by Crippen LogP contribution is 2.41. The maximum absolute atomic E-state index is 13.5. The van der Waals surface area contributed by atoms with Crippen LogP contribution in [0.3, 0.4) is 0 Å². The van der Waals surface area contributed by atoms with Crippen molar-refractivity contribution in [3.63, 3.8) is 0 Å². The number of hydrogen-bond acceptors (Lipinski definition) is 5. The number of nitrogens with zero attached hydrogens (tertiary/aromatic N) is 1. The molecular formula is C26H28N2O5S. The molecule has 1 unspecified atom stereocenters. The van der Waals surface area contributed by atoms with Gasteiger partial charge in [0.05, 0.1) is 23.7 Å². The van der Waals surface area contributed by atoms with E-state index in [1.165, 1.54) is 12.1 Å². The van der Waals surface area contributed by atoms with Crippen LogP contribution in [0.15, 0.2) is 83.8 Å². The fourth-order valence-electron chi connectivity index (χ4n) is 4.09. The first-order valence-corrected chi connectivity index (χ1v) is 12.4. The van der Waals surface area contributed by atoms with Gasteiger partial charge in [0.15, 0.2) is 0 Å². The van der Waals surface area contributed by atoms with E-state index in [4.69, 9.17) is 9.47 Å². The van der Waals surface area contributed by atoms with Crippen LogP contribution in [0.2, 0.25) is 0 Å². The Kier molecular flexibility index (Phi) is 6.52. The molecule has 1 heterocycles. The Balaban J connectivity index is 1.63. The zero-order chi connectivity index (χ0) is 24.3. The Bertz CT molecular complexity index is 1260. The highest BCUT2D eigenvalue weighted by Gasteiger charge is 2.36. The summed E-state index contributed by atoms with van der Waals surface area (Å²) in [7, 11) is -2.38. The number of anilines is 1. The number of amides is 1. The van der Waals surface area contributed by atoms with Crippen LogP contribution in [0.1, 0.15) is 31.9 Å². The number of para-hydroxylation sites is 1. The van der Waals surface area contributed by atoms with E-state index in [1.807, 2.05) is 32.0 Å². The predicted octanol–water partition coefficient (Wildman–Crippen LogP) is 4.31. The van der Waals surface area contributed by atoms with E-state index < -0.39 is 21.5 Å². The number of nitrogens with one attached hydrogen (secondary N) is 1. The van der Waals surface area contributed by atoms with Gasteiger partial charge in [-0.3, -0.25) is 9.10 Å². The number of fused-ring (bicyclic) bond motifs is 1. The van der Waals surface area contributed by atoms with Gasteiger partial charge in [0, 0.05) is 12.0 Å². The number of carbonyl (C=O) groups excluding carboxylic acids is 1. The minimum Gasteiger partial charge on any atom is -0.497 e. The van der Waals surface area contributed by atoms with Crippen LogP contribution in [0.25, 0.3) is 0 Å². The Morgan fingerprint density at radius 1 is 1.06 bits per heavy atom. The lowest BCUT2D eigenvalue weighted by Gasteiger charge is -2.38. The van der Waals surface area contributed by atoms with Crippen molar-refractivity contribution in [2.75, 3.05) is 18.0 Å². The minimum absolute atomic E-state index is 0.119. The van der Waals surface area contributed by atoms with Crippen LogP contribution in [0.4, 0.5) is 5.69 Å². The van der Waals surface area contributed by atoms with Crippen molar-refractivity contribution in [2.24, 2.45) is 0 Å². The quantitative estimate of drug-likeness (QED) is 0.545. The molecule has 0 aromatic heterocycles. The summed E-state index contributed by atoms with van der Waals surface area (Å²) in [6.07, 6.45) is 0.523. The van der Waals surface area contributed by atoms with Crippen LogP contribution in [-0.2, 0) is 14.8 Å². The third-order valence-electron chi connectivity index (χ3n) is 5.67. The maximum Gasteiger partial charge on any atom is 0.264 e. The molecule has 8 heteroatoms. The van der Waals surface area contributed by atoms with Crippen molar-refractivity contribution < 1.29 is 22.7 Å². The van der Waals surface area contributed by atoms with Crippen LogP contribution in [-0.4, -0.2) is 33.6 Å². The molecule has 1 atom stereocenters. The summed E-state index contributed by atoms with van der Waals surface area (Å²) < 4.78 is 39.5. The molecule has 34 heavy (non-hydrogen) atoms. The van der Waals surface area contributed by atoms with Gasteiger partial charge in [-0.25, -0.2) is 8.42 Å². The van der Waals surface area contributed by atoms with E-state index in [0.29, 0.717) is 23.6 Å². The van der Waals surface area contributed by atoms with E-state index in [2.05, 4.69) is 5.32 Å². The summed E-state index contributed by atoms with van der Waals surface area (Å²) in [4.78, 5) is 13.4. The van der Waals surface area contributed by atoms with Gasteiger partial charge in [-0.15, -0.1) is 0 Å². The summed E-state index contributed by atoms with van der Waals surface area (Å²) in [6.45, 7) is 3.54. The third kappa shape index (κ3) is 5.02. The monoisotopic (exact) mass is 480 g/mol. The summed E-state index contributed by atoms with van der Waals surface area (Å²) in [5.41, 5.74) is 0.703. The number of ether oxygens (including phenoxy) is 2. The van der Waals surface area contributed by atoms with Gasteiger partial charge in [0.2, 0.25) is 5.91 Å². The van der Waals surface area contributed by atoms with Gasteiger partial charge in [-0.2, -0.15) is 0 Å². The molecule has 0 bridgehead atoms. The molecule has 0 spiro atoms. The summed E-state index contributed by atoms with van der Waals surface area (Å²) in [6, 6.07) is 21.8. The molecule has 1 aliphatic rings. The smallest absolute Gasteiger partial charge is 0.264 e. The lowest BCUT2D eigenvalue weighted by molar-refractivity contribution is -0.120. The number of sulfonamides is 1. The number of carbonyl (C=O) groups is 1. The normalized spacial score (nSPS) is 16.6. The molecule has 7 nitrogen and oxygen atoms in total. The van der Waals surface area contributed by atoms with Gasteiger partial charge >= 0.3 is 0 Å². The average Bonchev–Trinajstić information content (AvgIpc) is 2.82. The Labute approximate surface area is 200 Å². The minimum atomic E-state index is -3.96. The molecule has 178 valence electrons. The molecular weight excluding hydrogens is 452 g/mol. The molecule has 3 aromatic carbocycles. The van der Waals surface area contributed by atoms with Crippen molar-refractivity contribution >= 4 is 21.6 Å². The van der Waals surface area contributed by atoms with Crippen molar-refractivity contribution in [3.05, 3.63) is 84.4 Å². The second kappa shape index (κ2) is 9.38. The van der Waals surface area contributed by atoms with Crippen LogP contribution in [0.5, 0.6) is 11.5 Å². The molecule has 1 aliphatic heterocycles. The second-order valence-electron chi connectivity index (χ2n) is 8.75. The molecule has 4 rings (SSSR count). The van der Waals surface area contributed by atoms with E-state index >= 15 is 0 Å². The average molecular weight is 481 g/mol. The highest BCUT2D eigenvalue weighted by molar-refractivity contribution is 7.92. The molecule has 1 amide bonds. The first kappa shape index (κ1) is 23.6. The van der Waals surface area contributed by atoms with E-state index in [0.717, 1.165) is 9.87 Å². The highest BCUT2D eigenvalue weighted by atomic mass is 32.2. The van der Waals surface area contributed by atoms with E-state index in [-0.39, 0.29) is 17.5 Å². The van der Waals surface area contributed by atoms with E-state index in [9.17, 15) is 13.2 Å². The first-order chi connectivity index (χ1) is 16.2. The first-order valence-electron chi connectivity index (χ1n) is 11.0. The van der Waals surface area contributed by atoms with Crippen molar-refractivity contribution in [1.29, 1.82) is 0 Å². The largest absolute Gasteiger partial charge is 0.497 e. The maximum atomic E-state index is 13.5. The Morgan fingerprint density at radius 3 is 2.35 bits per heavy atom. The summed E-state index contributed by atoms with van der Waals surface area (Å²) >= 11 is 0. The topological polar surface area (TPSA) is 84.9 Å². The number of methoxy groups -OCH3 is 1. The van der Waals surface area contributed by atoms with Crippen molar-refractivity contribution in [2.45, 2.75) is 36.8 Å². The van der Waals surface area contributed by atoms with Crippen molar-refractivity contribution in [3.8, 4) is 11.5 Å². The van der Waals surface area contributed by atoms with Gasteiger partial charge in [-0.1, -0.05) is 36.4 Å². The number of rotatable bonds is 7. The third-order valence-corrected chi connectivity index (χ3v) is 7.46. The Hall–Kier alpha value is -3.52. The van der Waals surface area contributed by atoms with Gasteiger partial charge < -0.3 is 14.8 Å². The van der Waals surface area contributed by atoms with Crippen LogP contribution >= 0.6 is 0 Å². The number of benzene rings is 3. The SMILES string of the molecule is COc1ccc2c(c1)C(NC(=O)CN(c1ccccc1)S(=O)(=O)c1ccccc1)CC(C)(C)O2. The fourth-order valence-corrected chi connectivity index (χ4v) is 5.53. The fraction of sp³-hybridized carbons (Fsp3) is 0.269. The summed E-state index contributed by atoms with van der Waals surface area (Å²) in [5, 5.41) is 3.03. The predicted molar refractivity (Wildman–Crippen MR) is 131 cm³/mol. The molecule has 0 aliphatic carbocycles. The molecule has 3 aromatic rings. The molecule has 1 N–H and O–H groups in total. The Morgan fingerprint density at radius 2 is 1.71 bits per heavy atom. The second-order valence-corrected chi connectivity index (χ2v) is 10.6. The van der Waals surface area contributed by atoms with Gasteiger partial charge in [0.1, 0.15) is 23.6 Å². The lowest BCUT2D eigenvalue weighted by Crippen LogP contribution is -2.45. The zero-order valence-corrected chi connectivity index (χ0v) is 20.2. The molecule has 0 radical (unpaired) electrons. The standard InChI is InChI=1S/C26H28N2O5S/c1-26(2)17-23(22-16-20(32-3)14-15-24(22)33-26)27-25(29)18-28(19-10-6-4-7-11-19)34(30,31)21-12-8-5-9-13-21/h4-16,23H,17-18H2,1-3H3,(H,27,29). The molecule has 0 saturated heterocycles. The van der Waals surface area contributed by atoms with Crippen molar-refractivity contribution in [1.82, 2.24) is 5.32 Å². The number of hydrogen-bond donors (Lipinski definition) is 1. The zero-order valence-electron chi connectivity index (χ0n) is 19.4. The van der Waals surface area contributed by atoms with Crippen LogP contribution < -0.4 is 19.1 Å². The van der Waals surface area contributed by atoms with Gasteiger partial charge in [-0.05, 0) is 56.3 Å². The van der Waals surface area contributed by atoms with E-state index in [1.54, 1.807) is 55.6 Å². The lowest BCUT2D eigenvalue weighted by atomic mass is 9.89. The van der Waals surface area contributed by atoms with Gasteiger partial charge in [0.25, 0.3) is 10.0 Å². The van der Waals surface area contributed by atoms with Crippen LogP contribution in [0, 0.1) is 0 Å². The molecule has 0 fully saturated rings. The molecule has 0 saturated carbocycles.